The Morgan fingerprint density at radius 3 is 3.20 bits per heavy atom. The number of nitrogens with zero attached hydrogens (tertiary/aromatic N) is 2. The average molecular weight is 138 g/mol. The van der Waals surface area contributed by atoms with Crippen molar-refractivity contribution in [1.29, 1.82) is 0 Å². The molecular formula is C8H14N2. The van der Waals surface area contributed by atoms with Crippen molar-refractivity contribution >= 4 is 0 Å². The van der Waals surface area contributed by atoms with Gasteiger partial charge in [-0.1, -0.05) is 0 Å². The van der Waals surface area contributed by atoms with E-state index >= 15 is 0 Å². The van der Waals surface area contributed by atoms with Crippen LogP contribution in [-0.2, 0) is 0 Å². The highest BCUT2D eigenvalue weighted by Gasteiger charge is 2.57. The molecule has 3 heterocycles. The number of hydrazine groups is 1. The molecule has 0 spiro atoms. The quantitative estimate of drug-likeness (QED) is 0.458. The summed E-state index contributed by atoms with van der Waals surface area (Å²) < 4.78 is 0. The van der Waals surface area contributed by atoms with E-state index in [0.717, 1.165) is 18.1 Å². The van der Waals surface area contributed by atoms with E-state index in [2.05, 4.69) is 16.9 Å². The summed E-state index contributed by atoms with van der Waals surface area (Å²) in [6, 6.07) is 2.78. The molecule has 3 saturated heterocycles. The van der Waals surface area contributed by atoms with Gasteiger partial charge >= 0.3 is 0 Å². The van der Waals surface area contributed by atoms with Crippen molar-refractivity contribution in [1.82, 2.24) is 10.0 Å². The minimum absolute atomic E-state index is 0.884. The van der Waals surface area contributed by atoms with Gasteiger partial charge in [0.1, 0.15) is 0 Å². The second kappa shape index (κ2) is 1.56. The summed E-state index contributed by atoms with van der Waals surface area (Å²) in [6.07, 6.45) is 4.35. The SMILES string of the molecule is CC1C2CC3CCCN3N12. The topological polar surface area (TPSA) is 6.25 Å². The molecule has 3 aliphatic rings. The number of fused-ring (bicyclic) bond motifs is 3. The van der Waals surface area contributed by atoms with Crippen LogP contribution < -0.4 is 0 Å². The lowest BCUT2D eigenvalue weighted by Gasteiger charge is -2.19. The Morgan fingerprint density at radius 2 is 2.30 bits per heavy atom. The summed E-state index contributed by atoms with van der Waals surface area (Å²) in [6.45, 7) is 3.69. The maximum atomic E-state index is 2.61. The van der Waals surface area contributed by atoms with Gasteiger partial charge in [-0.25, -0.2) is 10.0 Å². The highest BCUT2D eigenvalue weighted by Crippen LogP contribution is 2.45. The third-order valence-corrected chi connectivity index (χ3v) is 3.38. The molecule has 0 bridgehead atoms. The molecule has 3 fully saturated rings. The van der Waals surface area contributed by atoms with Crippen molar-refractivity contribution in [3.63, 3.8) is 0 Å². The zero-order valence-electron chi connectivity index (χ0n) is 6.45. The van der Waals surface area contributed by atoms with Crippen molar-refractivity contribution in [2.24, 2.45) is 0 Å². The predicted octanol–water partition coefficient (Wildman–Crippen LogP) is 0.842. The fourth-order valence-electron chi connectivity index (χ4n) is 2.77. The van der Waals surface area contributed by atoms with Gasteiger partial charge in [-0.15, -0.1) is 0 Å². The maximum Gasteiger partial charge on any atom is 0.0432 e. The van der Waals surface area contributed by atoms with Crippen molar-refractivity contribution < 1.29 is 0 Å². The number of hydrogen-bond donors (Lipinski definition) is 0. The van der Waals surface area contributed by atoms with E-state index in [-0.39, 0.29) is 0 Å². The molecule has 0 saturated carbocycles. The number of rotatable bonds is 0. The molecule has 2 nitrogen and oxygen atoms in total. The summed E-state index contributed by atoms with van der Waals surface area (Å²) in [4.78, 5) is 0. The van der Waals surface area contributed by atoms with Gasteiger partial charge in [0.2, 0.25) is 0 Å². The molecule has 0 radical (unpaired) electrons. The van der Waals surface area contributed by atoms with Crippen LogP contribution in [-0.4, -0.2) is 34.7 Å². The first-order chi connectivity index (χ1) is 4.88. The van der Waals surface area contributed by atoms with Crippen LogP contribution >= 0.6 is 0 Å². The lowest BCUT2D eigenvalue weighted by atomic mass is 10.1. The minimum atomic E-state index is 0.884. The second-order valence-electron chi connectivity index (χ2n) is 3.88. The monoisotopic (exact) mass is 138 g/mol. The second-order valence-corrected chi connectivity index (χ2v) is 3.88. The largest absolute Gasteiger partial charge is 0.238 e. The number of hydrogen-bond acceptors (Lipinski definition) is 2. The Labute approximate surface area is 61.8 Å². The summed E-state index contributed by atoms with van der Waals surface area (Å²) in [5, 5.41) is 5.19. The van der Waals surface area contributed by atoms with Gasteiger partial charge in [0, 0.05) is 24.7 Å². The molecule has 2 heteroatoms. The summed E-state index contributed by atoms with van der Waals surface area (Å²) in [5.74, 6) is 0. The summed E-state index contributed by atoms with van der Waals surface area (Å²) >= 11 is 0. The van der Waals surface area contributed by atoms with Crippen molar-refractivity contribution in [2.75, 3.05) is 6.54 Å². The molecule has 0 aliphatic carbocycles. The highest BCUT2D eigenvalue weighted by molar-refractivity contribution is 5.07. The Kier molecular flexibility index (Phi) is 0.868. The Balaban J connectivity index is 1.84. The first-order valence-electron chi connectivity index (χ1n) is 4.43. The average Bonchev–Trinajstić information content (AvgIpc) is 2.27. The molecule has 0 aromatic rings. The summed E-state index contributed by atoms with van der Waals surface area (Å²) in [5.41, 5.74) is 0. The molecular weight excluding hydrogens is 124 g/mol. The molecule has 4 atom stereocenters. The van der Waals surface area contributed by atoms with Gasteiger partial charge < -0.3 is 0 Å². The van der Waals surface area contributed by atoms with Crippen LogP contribution in [0.25, 0.3) is 0 Å². The van der Waals surface area contributed by atoms with E-state index in [1.807, 2.05) is 0 Å². The minimum Gasteiger partial charge on any atom is -0.238 e. The normalized spacial score (nSPS) is 58.5. The van der Waals surface area contributed by atoms with Gasteiger partial charge in [0.25, 0.3) is 0 Å². The molecule has 0 amide bonds. The predicted molar refractivity (Wildman–Crippen MR) is 39.4 cm³/mol. The van der Waals surface area contributed by atoms with Crippen molar-refractivity contribution in [3.05, 3.63) is 0 Å². The van der Waals surface area contributed by atoms with E-state index in [4.69, 9.17) is 0 Å². The van der Waals surface area contributed by atoms with Crippen LogP contribution in [0.15, 0.2) is 0 Å². The van der Waals surface area contributed by atoms with E-state index in [1.165, 1.54) is 25.8 Å². The first kappa shape index (κ1) is 5.56. The first-order valence-corrected chi connectivity index (χ1v) is 4.43. The van der Waals surface area contributed by atoms with Crippen LogP contribution in [0.5, 0.6) is 0 Å². The Bertz CT molecular complexity index is 169. The van der Waals surface area contributed by atoms with Gasteiger partial charge in [-0.2, -0.15) is 0 Å². The smallest absolute Gasteiger partial charge is 0.0432 e. The molecule has 0 aromatic heterocycles. The Hall–Kier alpha value is -0.0800. The van der Waals surface area contributed by atoms with E-state index in [9.17, 15) is 0 Å². The molecule has 4 unspecified atom stereocenters. The molecule has 0 N–H and O–H groups in total. The fraction of sp³-hybridized carbons (Fsp3) is 1.00. The van der Waals surface area contributed by atoms with Crippen LogP contribution in [0.2, 0.25) is 0 Å². The third-order valence-electron chi connectivity index (χ3n) is 3.38. The van der Waals surface area contributed by atoms with Crippen LogP contribution in [0.4, 0.5) is 0 Å². The van der Waals surface area contributed by atoms with Crippen LogP contribution in [0, 0.1) is 0 Å². The lowest BCUT2D eigenvalue weighted by molar-refractivity contribution is 0.0950. The summed E-state index contributed by atoms with van der Waals surface area (Å²) in [7, 11) is 0. The van der Waals surface area contributed by atoms with Gasteiger partial charge in [-0.05, 0) is 26.2 Å². The lowest BCUT2D eigenvalue weighted by Crippen LogP contribution is -2.31. The zero-order chi connectivity index (χ0) is 6.72. The molecule has 56 valence electrons. The van der Waals surface area contributed by atoms with E-state index in [1.54, 1.807) is 0 Å². The zero-order valence-corrected chi connectivity index (χ0v) is 6.45. The van der Waals surface area contributed by atoms with E-state index in [0.29, 0.717) is 0 Å². The van der Waals surface area contributed by atoms with Gasteiger partial charge in [-0.3, -0.25) is 0 Å². The molecule has 3 rings (SSSR count). The van der Waals surface area contributed by atoms with Gasteiger partial charge in [0.05, 0.1) is 0 Å². The standard InChI is InChI=1S/C8H14N2/c1-6-8-5-7-3-2-4-9(7)10(6)8/h6-8H,2-5H2,1H3. The molecule has 0 aromatic carbocycles. The Morgan fingerprint density at radius 1 is 1.40 bits per heavy atom. The highest BCUT2D eigenvalue weighted by atomic mass is 15.8. The van der Waals surface area contributed by atoms with E-state index < -0.39 is 0 Å². The van der Waals surface area contributed by atoms with Crippen LogP contribution in [0.3, 0.4) is 0 Å². The van der Waals surface area contributed by atoms with Gasteiger partial charge in [0.15, 0.2) is 0 Å². The maximum absolute atomic E-state index is 2.61. The molecule has 3 aliphatic heterocycles. The fourth-order valence-corrected chi connectivity index (χ4v) is 2.77. The van der Waals surface area contributed by atoms with Crippen LogP contribution in [0.1, 0.15) is 26.2 Å². The third kappa shape index (κ3) is 0.487. The van der Waals surface area contributed by atoms with Crippen molar-refractivity contribution in [3.8, 4) is 0 Å². The molecule has 10 heavy (non-hydrogen) atoms. The van der Waals surface area contributed by atoms with Crippen molar-refractivity contribution in [2.45, 2.75) is 44.3 Å².